The van der Waals surface area contributed by atoms with E-state index in [1.54, 1.807) is 0 Å². The van der Waals surface area contributed by atoms with Gasteiger partial charge >= 0.3 is 25.7 Å². The molecule has 0 spiro atoms. The normalized spacial score (nSPS) is 14.2. The van der Waals surface area contributed by atoms with E-state index >= 15 is 0 Å². The number of phosphoric ester groups is 1. The van der Waals surface area contributed by atoms with Gasteiger partial charge in [0.1, 0.15) is 12.6 Å². The summed E-state index contributed by atoms with van der Waals surface area (Å²) in [6, 6.07) is -1.53. The molecule has 0 saturated heterocycles. The zero-order valence-corrected chi connectivity index (χ0v) is 34.0. The fraction of sp³-hybridized carbons (Fsp3) is 0.780. The molecule has 0 aromatic heterocycles. The van der Waals surface area contributed by atoms with Gasteiger partial charge in [-0.25, -0.2) is 4.57 Å². The number of nitrogens with two attached hydrogens (primary N) is 1. The van der Waals surface area contributed by atoms with Crippen molar-refractivity contribution in [2.45, 2.75) is 187 Å². The molecule has 0 rings (SSSR count). The van der Waals surface area contributed by atoms with E-state index in [0.717, 1.165) is 38.5 Å². The summed E-state index contributed by atoms with van der Waals surface area (Å²) in [7, 11) is -4.72. The van der Waals surface area contributed by atoms with E-state index in [9.17, 15) is 23.8 Å². The zero-order valence-electron chi connectivity index (χ0n) is 33.1. The molecule has 12 heteroatoms. The van der Waals surface area contributed by atoms with E-state index in [-0.39, 0.29) is 19.4 Å². The summed E-state index contributed by atoms with van der Waals surface area (Å²) >= 11 is 0. The fourth-order valence-corrected chi connectivity index (χ4v) is 6.15. The Morgan fingerprint density at radius 3 is 1.55 bits per heavy atom. The largest absolute Gasteiger partial charge is 0.480 e. The second-order valence-electron chi connectivity index (χ2n) is 13.8. The van der Waals surface area contributed by atoms with Crippen molar-refractivity contribution in [2.75, 3.05) is 19.8 Å². The Hall–Kier alpha value is -2.30. The third kappa shape index (κ3) is 36.4. The molecule has 0 aliphatic rings. The Morgan fingerprint density at radius 2 is 1.02 bits per heavy atom. The molecule has 0 fully saturated rings. The molecular weight excluding hydrogens is 697 g/mol. The quantitative estimate of drug-likeness (QED) is 0.0236. The summed E-state index contributed by atoms with van der Waals surface area (Å²) < 4.78 is 32.5. The molecule has 0 bridgehead atoms. The maximum atomic E-state index is 12.6. The van der Waals surface area contributed by atoms with Crippen LogP contribution in [-0.2, 0) is 37.5 Å². The minimum atomic E-state index is -4.72. The van der Waals surface area contributed by atoms with Gasteiger partial charge in [0.15, 0.2) is 6.10 Å². The molecule has 4 N–H and O–H groups in total. The van der Waals surface area contributed by atoms with Crippen LogP contribution in [0.15, 0.2) is 36.5 Å². The molecule has 0 aliphatic carbocycles. The Balaban J connectivity index is 4.49. The fourth-order valence-electron chi connectivity index (χ4n) is 5.37. The summed E-state index contributed by atoms with van der Waals surface area (Å²) in [4.78, 5) is 45.8. The van der Waals surface area contributed by atoms with Crippen molar-refractivity contribution in [1.29, 1.82) is 0 Å². The molecule has 0 amide bonds. The minimum Gasteiger partial charge on any atom is -0.480 e. The average molecular weight is 772 g/mol. The van der Waals surface area contributed by atoms with E-state index < -0.39 is 51.1 Å². The third-order valence-electron chi connectivity index (χ3n) is 8.64. The smallest absolute Gasteiger partial charge is 0.472 e. The van der Waals surface area contributed by atoms with Gasteiger partial charge in [-0.1, -0.05) is 153 Å². The first-order valence-corrected chi connectivity index (χ1v) is 22.0. The van der Waals surface area contributed by atoms with E-state index in [0.29, 0.717) is 19.3 Å². The number of esters is 2. The number of ether oxygens (including phenoxy) is 2. The van der Waals surface area contributed by atoms with Gasteiger partial charge in [0.05, 0.1) is 13.2 Å². The zero-order chi connectivity index (χ0) is 39.3. The number of aliphatic carboxylic acids is 1. The van der Waals surface area contributed by atoms with Gasteiger partial charge in [0.25, 0.3) is 0 Å². The number of hydrogen-bond acceptors (Lipinski definition) is 9. The molecule has 3 atom stereocenters. The Kier molecular flexibility index (Phi) is 35.1. The highest BCUT2D eigenvalue weighted by Gasteiger charge is 2.28. The summed E-state index contributed by atoms with van der Waals surface area (Å²) in [6.45, 7) is 2.73. The van der Waals surface area contributed by atoms with Crippen LogP contribution in [0.4, 0.5) is 0 Å². The van der Waals surface area contributed by atoms with Crippen molar-refractivity contribution in [1.82, 2.24) is 0 Å². The van der Waals surface area contributed by atoms with Crippen LogP contribution in [-0.4, -0.2) is 59.9 Å². The van der Waals surface area contributed by atoms with E-state index in [4.69, 9.17) is 24.8 Å². The highest BCUT2D eigenvalue weighted by atomic mass is 31.2. The highest BCUT2D eigenvalue weighted by Crippen LogP contribution is 2.43. The number of carboxylic acid groups (broad SMARTS) is 1. The summed E-state index contributed by atoms with van der Waals surface area (Å²) in [5.41, 5.74) is 5.32. The first-order chi connectivity index (χ1) is 25.6. The van der Waals surface area contributed by atoms with Gasteiger partial charge in [-0.05, 0) is 44.9 Å². The van der Waals surface area contributed by atoms with Crippen molar-refractivity contribution in [3.8, 4) is 0 Å². The maximum Gasteiger partial charge on any atom is 0.472 e. The molecule has 11 nitrogen and oxygen atoms in total. The van der Waals surface area contributed by atoms with Crippen LogP contribution in [0.1, 0.15) is 174 Å². The Morgan fingerprint density at radius 1 is 0.585 bits per heavy atom. The van der Waals surface area contributed by atoms with Gasteiger partial charge in [-0.15, -0.1) is 0 Å². The number of unbranched alkanes of at least 4 members (excludes halogenated alkanes) is 18. The molecule has 53 heavy (non-hydrogen) atoms. The second kappa shape index (κ2) is 36.7. The number of rotatable bonds is 38. The van der Waals surface area contributed by atoms with Gasteiger partial charge in [-0.2, -0.15) is 0 Å². The minimum absolute atomic E-state index is 0.0909. The number of carboxylic acids is 1. The van der Waals surface area contributed by atoms with Crippen LogP contribution >= 0.6 is 7.82 Å². The first-order valence-electron chi connectivity index (χ1n) is 20.5. The van der Waals surface area contributed by atoms with Gasteiger partial charge in [0.2, 0.25) is 0 Å². The molecule has 0 aromatic rings. The average Bonchev–Trinajstić information content (AvgIpc) is 3.13. The summed E-state index contributed by atoms with van der Waals surface area (Å²) in [6.07, 6.45) is 37.9. The molecule has 0 aliphatic heterocycles. The number of hydrogen-bond donors (Lipinski definition) is 3. The number of allylic oxidation sites excluding steroid dienone is 6. The van der Waals surface area contributed by atoms with Gasteiger partial charge < -0.3 is 25.2 Å². The lowest BCUT2D eigenvalue weighted by Crippen LogP contribution is -2.34. The van der Waals surface area contributed by atoms with E-state index in [2.05, 4.69) is 42.7 Å². The lowest BCUT2D eigenvalue weighted by atomic mass is 10.0. The van der Waals surface area contributed by atoms with Crippen LogP contribution in [0, 0.1) is 0 Å². The van der Waals surface area contributed by atoms with Crippen LogP contribution in [0.2, 0.25) is 0 Å². The summed E-state index contributed by atoms with van der Waals surface area (Å²) in [5.74, 6) is -2.44. The molecule has 0 radical (unpaired) electrons. The maximum absolute atomic E-state index is 12.6. The van der Waals surface area contributed by atoms with Crippen molar-refractivity contribution in [3.05, 3.63) is 36.5 Å². The number of phosphoric acid groups is 1. The standard InChI is InChI=1S/C41H74NO10P/c1-3-5-7-9-11-13-15-17-18-19-20-21-23-25-27-29-31-33-40(44)52-37(35-50-53(47,48)51-36-38(42)41(45)46)34-49-39(43)32-30-28-26-24-22-16-14-12-10-8-6-4-2/h17-18,20-21,25,27,37-38H,3-16,19,22-24,26,28-36,42H2,1-2H3,(H,45,46)(H,47,48)/b18-17+,21-20+,27-25+/t37-,38+/m1/s1. The second-order valence-corrected chi connectivity index (χ2v) is 15.2. The van der Waals surface area contributed by atoms with Crippen LogP contribution < -0.4 is 5.73 Å². The monoisotopic (exact) mass is 772 g/mol. The van der Waals surface area contributed by atoms with Gasteiger partial charge in [0, 0.05) is 12.8 Å². The van der Waals surface area contributed by atoms with Crippen molar-refractivity contribution in [3.63, 3.8) is 0 Å². The van der Waals surface area contributed by atoms with Crippen molar-refractivity contribution >= 4 is 25.7 Å². The van der Waals surface area contributed by atoms with Gasteiger partial charge in [-0.3, -0.25) is 23.4 Å². The molecular formula is C41H74NO10P. The number of carbonyl (C=O) groups excluding carboxylic acids is 2. The van der Waals surface area contributed by atoms with Crippen molar-refractivity contribution < 1.29 is 47.5 Å². The lowest BCUT2D eigenvalue weighted by Gasteiger charge is -2.20. The molecule has 0 saturated carbocycles. The predicted octanol–water partition coefficient (Wildman–Crippen LogP) is 10.4. The Labute approximate surface area is 321 Å². The van der Waals surface area contributed by atoms with Crippen LogP contribution in [0.3, 0.4) is 0 Å². The topological polar surface area (TPSA) is 172 Å². The molecule has 0 heterocycles. The number of carbonyl (C=O) groups is 3. The Bertz CT molecular complexity index is 1050. The summed E-state index contributed by atoms with van der Waals surface area (Å²) in [5, 5.41) is 8.87. The van der Waals surface area contributed by atoms with E-state index in [1.807, 2.05) is 12.2 Å². The van der Waals surface area contributed by atoms with Crippen LogP contribution in [0.5, 0.6) is 0 Å². The SMILES string of the molecule is CCCCCCCC/C=C/C/C=C/C/C=C/CCCC(=O)O[C@H](COC(=O)CCCCCCCCCCCCCC)COP(=O)(O)OC[C@H](N)C(=O)O. The lowest BCUT2D eigenvalue weighted by molar-refractivity contribution is -0.161. The predicted molar refractivity (Wildman–Crippen MR) is 212 cm³/mol. The first kappa shape index (κ1) is 50.7. The van der Waals surface area contributed by atoms with Crippen molar-refractivity contribution in [2.24, 2.45) is 5.73 Å². The molecule has 308 valence electrons. The van der Waals surface area contributed by atoms with Crippen LogP contribution in [0.25, 0.3) is 0 Å². The molecule has 1 unspecified atom stereocenters. The highest BCUT2D eigenvalue weighted by molar-refractivity contribution is 7.47. The third-order valence-corrected chi connectivity index (χ3v) is 9.59. The van der Waals surface area contributed by atoms with E-state index in [1.165, 1.54) is 89.9 Å². The molecule has 0 aromatic carbocycles.